The lowest BCUT2D eigenvalue weighted by Crippen LogP contribution is -2.31. The highest BCUT2D eigenvalue weighted by molar-refractivity contribution is 9.10. The van der Waals surface area contributed by atoms with E-state index in [1.165, 1.54) is 12.1 Å². The number of carbonyl (C=O) groups excluding carboxylic acids is 1. The zero-order valence-electron chi connectivity index (χ0n) is 15.1. The standard InChI is InChI=1S/C20H19BrN2O4S/c1-13(14-4-8-19(9-5-14)28(22,25)26)23-20(24)12-27-18-7-3-15-10-17(21)6-2-16(15)11-18/h2-11,13H,12H2,1H3,(H,23,24)(H2,22,25,26). The van der Waals surface area contributed by atoms with E-state index < -0.39 is 10.0 Å². The number of fused-ring (bicyclic) bond motifs is 1. The molecule has 1 amide bonds. The maximum atomic E-state index is 12.2. The molecule has 0 aliphatic heterocycles. The summed E-state index contributed by atoms with van der Waals surface area (Å²) < 4.78 is 29.2. The van der Waals surface area contributed by atoms with Crippen LogP contribution in [0.3, 0.4) is 0 Å². The van der Waals surface area contributed by atoms with E-state index in [-0.39, 0.29) is 23.5 Å². The molecule has 3 N–H and O–H groups in total. The van der Waals surface area contributed by atoms with Crippen molar-refractivity contribution in [2.75, 3.05) is 6.61 Å². The van der Waals surface area contributed by atoms with Gasteiger partial charge in [0.2, 0.25) is 10.0 Å². The van der Waals surface area contributed by atoms with Crippen molar-refractivity contribution in [1.82, 2.24) is 5.32 Å². The SMILES string of the molecule is CC(NC(=O)COc1ccc2cc(Br)ccc2c1)c1ccc(S(N)(=O)=O)cc1. The number of amides is 1. The molecule has 0 spiro atoms. The van der Waals surface area contributed by atoms with Crippen molar-refractivity contribution in [3.8, 4) is 5.75 Å². The summed E-state index contributed by atoms with van der Waals surface area (Å²) in [6, 6.07) is 17.3. The topological polar surface area (TPSA) is 98.5 Å². The molecule has 3 aromatic rings. The van der Waals surface area contributed by atoms with Crippen molar-refractivity contribution >= 4 is 42.6 Å². The Morgan fingerprint density at radius 3 is 2.39 bits per heavy atom. The van der Waals surface area contributed by atoms with Crippen molar-refractivity contribution in [3.63, 3.8) is 0 Å². The predicted octanol–water partition coefficient (Wildman–Crippen LogP) is 3.51. The van der Waals surface area contributed by atoms with Crippen LogP contribution < -0.4 is 15.2 Å². The minimum Gasteiger partial charge on any atom is -0.484 e. The highest BCUT2D eigenvalue weighted by atomic mass is 79.9. The van der Waals surface area contributed by atoms with Gasteiger partial charge in [-0.3, -0.25) is 4.79 Å². The first-order valence-corrected chi connectivity index (χ1v) is 10.8. The maximum Gasteiger partial charge on any atom is 0.258 e. The first-order valence-electron chi connectivity index (χ1n) is 8.46. The van der Waals surface area contributed by atoms with Crippen molar-refractivity contribution in [2.24, 2.45) is 5.14 Å². The monoisotopic (exact) mass is 462 g/mol. The number of sulfonamides is 1. The zero-order valence-corrected chi connectivity index (χ0v) is 17.5. The molecule has 0 saturated carbocycles. The van der Waals surface area contributed by atoms with Crippen LogP contribution in [-0.2, 0) is 14.8 Å². The normalized spacial score (nSPS) is 12.5. The highest BCUT2D eigenvalue weighted by Crippen LogP contribution is 2.24. The zero-order chi connectivity index (χ0) is 20.3. The second-order valence-corrected chi connectivity index (χ2v) is 8.82. The van der Waals surface area contributed by atoms with Crippen LogP contribution in [0.15, 0.2) is 70.0 Å². The summed E-state index contributed by atoms with van der Waals surface area (Å²) in [6.07, 6.45) is 0. The largest absolute Gasteiger partial charge is 0.484 e. The third kappa shape index (κ3) is 5.09. The Balaban J connectivity index is 1.58. The minimum absolute atomic E-state index is 0.0291. The van der Waals surface area contributed by atoms with E-state index in [0.717, 1.165) is 20.8 Å². The molecule has 1 unspecified atom stereocenters. The molecule has 146 valence electrons. The molecule has 6 nitrogen and oxygen atoms in total. The third-order valence-electron chi connectivity index (χ3n) is 4.23. The fourth-order valence-electron chi connectivity index (χ4n) is 2.75. The number of nitrogens with two attached hydrogens (primary N) is 1. The Morgan fingerprint density at radius 1 is 1.07 bits per heavy atom. The Labute approximate surface area is 171 Å². The number of nitrogens with one attached hydrogen (secondary N) is 1. The second-order valence-electron chi connectivity index (χ2n) is 6.35. The molecule has 28 heavy (non-hydrogen) atoms. The fourth-order valence-corrected chi connectivity index (χ4v) is 3.64. The molecule has 3 aromatic carbocycles. The van der Waals surface area contributed by atoms with Gasteiger partial charge in [0.25, 0.3) is 5.91 Å². The Bertz CT molecular complexity index is 1110. The van der Waals surface area contributed by atoms with Crippen molar-refractivity contribution < 1.29 is 17.9 Å². The van der Waals surface area contributed by atoms with E-state index in [9.17, 15) is 13.2 Å². The van der Waals surface area contributed by atoms with E-state index in [1.807, 2.05) is 36.4 Å². The van der Waals surface area contributed by atoms with Gasteiger partial charge in [-0.1, -0.05) is 40.2 Å². The molecule has 0 heterocycles. The predicted molar refractivity (Wildman–Crippen MR) is 112 cm³/mol. The Kier molecular flexibility index (Phi) is 6.02. The summed E-state index contributed by atoms with van der Waals surface area (Å²) in [4.78, 5) is 12.2. The third-order valence-corrected chi connectivity index (χ3v) is 5.65. The quantitative estimate of drug-likeness (QED) is 0.585. The number of halogens is 1. The van der Waals surface area contributed by atoms with E-state index >= 15 is 0 Å². The first kappa shape index (κ1) is 20.3. The number of primary sulfonamides is 1. The summed E-state index contributed by atoms with van der Waals surface area (Å²) >= 11 is 3.44. The first-order chi connectivity index (χ1) is 13.2. The fraction of sp³-hybridized carbons (Fsp3) is 0.150. The summed E-state index contributed by atoms with van der Waals surface area (Å²) in [5.41, 5.74) is 0.761. The van der Waals surface area contributed by atoms with Crippen LogP contribution in [0.1, 0.15) is 18.5 Å². The molecule has 0 radical (unpaired) electrons. The Morgan fingerprint density at radius 2 is 1.71 bits per heavy atom. The van der Waals surface area contributed by atoms with Gasteiger partial charge in [0.15, 0.2) is 6.61 Å². The van der Waals surface area contributed by atoms with Gasteiger partial charge in [-0.2, -0.15) is 0 Å². The van der Waals surface area contributed by atoms with Crippen molar-refractivity contribution in [3.05, 3.63) is 70.7 Å². The average Bonchev–Trinajstić information content (AvgIpc) is 2.65. The van der Waals surface area contributed by atoms with Crippen LogP contribution in [-0.4, -0.2) is 20.9 Å². The summed E-state index contributed by atoms with van der Waals surface area (Å²) in [6.45, 7) is 1.68. The molecular weight excluding hydrogens is 444 g/mol. The lowest BCUT2D eigenvalue weighted by atomic mass is 10.1. The van der Waals surface area contributed by atoms with Crippen LogP contribution >= 0.6 is 15.9 Å². The summed E-state index contributed by atoms with van der Waals surface area (Å²) in [5.74, 6) is 0.328. The van der Waals surface area contributed by atoms with Crippen LogP contribution in [0.5, 0.6) is 5.75 Å². The van der Waals surface area contributed by atoms with Gasteiger partial charge in [0, 0.05) is 4.47 Å². The number of carbonyl (C=O) groups is 1. The molecule has 1 atom stereocenters. The molecule has 0 bridgehead atoms. The molecule has 0 aliphatic rings. The van der Waals surface area contributed by atoms with E-state index in [0.29, 0.717) is 5.75 Å². The lowest BCUT2D eigenvalue weighted by Gasteiger charge is -2.15. The molecule has 8 heteroatoms. The number of hydrogen-bond acceptors (Lipinski definition) is 4. The molecular formula is C20H19BrN2O4S. The van der Waals surface area contributed by atoms with E-state index in [1.54, 1.807) is 19.1 Å². The van der Waals surface area contributed by atoms with Gasteiger partial charge >= 0.3 is 0 Å². The van der Waals surface area contributed by atoms with Crippen LogP contribution in [0.4, 0.5) is 0 Å². The van der Waals surface area contributed by atoms with Gasteiger partial charge in [-0.05, 0) is 59.7 Å². The average molecular weight is 463 g/mol. The van der Waals surface area contributed by atoms with Crippen molar-refractivity contribution in [2.45, 2.75) is 17.9 Å². The van der Waals surface area contributed by atoms with Gasteiger partial charge in [-0.25, -0.2) is 13.6 Å². The number of hydrogen-bond donors (Lipinski definition) is 2. The molecule has 0 saturated heterocycles. The molecule has 3 rings (SSSR count). The van der Waals surface area contributed by atoms with E-state index in [4.69, 9.17) is 9.88 Å². The van der Waals surface area contributed by atoms with Gasteiger partial charge in [0.1, 0.15) is 5.75 Å². The van der Waals surface area contributed by atoms with Crippen molar-refractivity contribution in [1.29, 1.82) is 0 Å². The Hall–Kier alpha value is -2.42. The lowest BCUT2D eigenvalue weighted by molar-refractivity contribution is -0.123. The van der Waals surface area contributed by atoms with Crippen LogP contribution in [0.2, 0.25) is 0 Å². The maximum absolute atomic E-state index is 12.2. The molecule has 0 fully saturated rings. The van der Waals surface area contributed by atoms with E-state index in [2.05, 4.69) is 21.2 Å². The van der Waals surface area contributed by atoms with Gasteiger partial charge in [0.05, 0.1) is 10.9 Å². The number of ether oxygens (including phenoxy) is 1. The number of rotatable bonds is 6. The minimum atomic E-state index is -3.74. The second kappa shape index (κ2) is 8.30. The highest BCUT2D eigenvalue weighted by Gasteiger charge is 2.12. The molecule has 0 aliphatic carbocycles. The number of benzene rings is 3. The van der Waals surface area contributed by atoms with Gasteiger partial charge < -0.3 is 10.1 Å². The molecule has 0 aromatic heterocycles. The van der Waals surface area contributed by atoms with Crippen LogP contribution in [0, 0.1) is 0 Å². The van der Waals surface area contributed by atoms with Gasteiger partial charge in [-0.15, -0.1) is 0 Å². The van der Waals surface area contributed by atoms with Crippen LogP contribution in [0.25, 0.3) is 10.8 Å². The summed E-state index contributed by atoms with van der Waals surface area (Å²) in [7, 11) is -3.74. The summed E-state index contributed by atoms with van der Waals surface area (Å²) in [5, 5.41) is 9.99. The smallest absolute Gasteiger partial charge is 0.258 e.